The molecule has 1 heterocycles. The lowest BCUT2D eigenvalue weighted by Crippen LogP contribution is -2.12. The fourth-order valence-corrected chi connectivity index (χ4v) is 3.10. The van der Waals surface area contributed by atoms with Crippen LogP contribution in [-0.4, -0.2) is 39.0 Å². The Morgan fingerprint density at radius 3 is 2.81 bits per heavy atom. The number of hydrogen-bond acceptors (Lipinski definition) is 6. The van der Waals surface area contributed by atoms with Crippen LogP contribution in [0.2, 0.25) is 0 Å². The van der Waals surface area contributed by atoms with Gasteiger partial charge in [-0.2, -0.15) is 4.68 Å². The summed E-state index contributed by atoms with van der Waals surface area (Å²) in [7, 11) is 1.59. The molecule has 2 aromatic carbocycles. The summed E-state index contributed by atoms with van der Waals surface area (Å²) in [5.74, 6) is 1.21. The largest absolute Gasteiger partial charge is 0.497 e. The van der Waals surface area contributed by atoms with Gasteiger partial charge in [0, 0.05) is 23.9 Å². The monoisotopic (exact) mass is 369 g/mol. The molecule has 0 atom stereocenters. The Bertz CT molecular complexity index is 879. The molecule has 0 saturated carbocycles. The molecule has 0 fully saturated rings. The maximum atomic E-state index is 12.1. The van der Waals surface area contributed by atoms with Crippen LogP contribution in [0.4, 0.5) is 5.69 Å². The van der Waals surface area contributed by atoms with Crippen molar-refractivity contribution in [3.63, 3.8) is 0 Å². The molecule has 0 radical (unpaired) electrons. The molecule has 0 saturated heterocycles. The molecule has 0 bridgehead atoms. The molecule has 1 N–H and O–H groups in total. The van der Waals surface area contributed by atoms with E-state index in [0.29, 0.717) is 28.8 Å². The molecule has 26 heavy (non-hydrogen) atoms. The second kappa shape index (κ2) is 8.48. The van der Waals surface area contributed by atoms with Crippen LogP contribution >= 0.6 is 11.8 Å². The number of thioether (sulfide) groups is 1. The molecule has 0 aliphatic rings. The first kappa shape index (κ1) is 17.9. The fourth-order valence-electron chi connectivity index (χ4n) is 2.28. The Morgan fingerprint density at radius 1 is 1.23 bits per heavy atom. The number of carbonyl (C=O) groups excluding carboxylic acids is 1. The number of nitrogens with zero attached hydrogens (tertiary/aromatic N) is 4. The number of tetrazole rings is 1. The van der Waals surface area contributed by atoms with Crippen LogP contribution in [0.1, 0.15) is 12.0 Å². The topological polar surface area (TPSA) is 81.9 Å². The smallest absolute Gasteiger partial charge is 0.225 e. The van der Waals surface area contributed by atoms with E-state index in [2.05, 4.69) is 20.8 Å². The van der Waals surface area contributed by atoms with E-state index in [1.54, 1.807) is 17.9 Å². The highest BCUT2D eigenvalue weighted by Gasteiger charge is 2.10. The van der Waals surface area contributed by atoms with Crippen LogP contribution in [0.5, 0.6) is 5.75 Å². The number of aryl methyl sites for hydroxylation is 1. The maximum absolute atomic E-state index is 12.1. The average Bonchev–Trinajstić information content (AvgIpc) is 3.11. The number of nitrogens with one attached hydrogen (secondary N) is 1. The van der Waals surface area contributed by atoms with Crippen LogP contribution in [0.25, 0.3) is 5.69 Å². The van der Waals surface area contributed by atoms with Crippen molar-refractivity contribution < 1.29 is 9.53 Å². The third-order valence-electron chi connectivity index (χ3n) is 3.63. The van der Waals surface area contributed by atoms with Gasteiger partial charge in [0.1, 0.15) is 5.75 Å². The second-order valence-electron chi connectivity index (χ2n) is 5.59. The Kier molecular flexibility index (Phi) is 5.85. The highest BCUT2D eigenvalue weighted by Crippen LogP contribution is 2.20. The van der Waals surface area contributed by atoms with Gasteiger partial charge in [0.2, 0.25) is 11.1 Å². The predicted molar refractivity (Wildman–Crippen MR) is 101 cm³/mol. The summed E-state index contributed by atoms with van der Waals surface area (Å²) in [6.07, 6.45) is 0.350. The van der Waals surface area contributed by atoms with E-state index >= 15 is 0 Å². The van der Waals surface area contributed by atoms with Gasteiger partial charge in [-0.1, -0.05) is 35.5 Å². The van der Waals surface area contributed by atoms with Crippen molar-refractivity contribution in [3.05, 3.63) is 54.1 Å². The Labute approximate surface area is 155 Å². The van der Waals surface area contributed by atoms with Crippen LogP contribution in [0.3, 0.4) is 0 Å². The molecule has 1 amide bonds. The summed E-state index contributed by atoms with van der Waals surface area (Å²) < 4.78 is 6.82. The third-order valence-corrected chi connectivity index (χ3v) is 4.55. The number of amides is 1. The van der Waals surface area contributed by atoms with Gasteiger partial charge in [0.15, 0.2) is 0 Å². The molecule has 1 aromatic heterocycles. The molecule has 0 spiro atoms. The predicted octanol–water partition coefficient (Wildman–Crippen LogP) is 3.10. The number of aromatic nitrogens is 4. The first-order chi connectivity index (χ1) is 12.7. The number of carbonyl (C=O) groups is 1. The summed E-state index contributed by atoms with van der Waals surface area (Å²) in [6, 6.07) is 15.2. The molecule has 8 heteroatoms. The lowest BCUT2D eigenvalue weighted by atomic mass is 10.2. The van der Waals surface area contributed by atoms with Crippen molar-refractivity contribution in [1.29, 1.82) is 0 Å². The molecule has 0 aliphatic carbocycles. The van der Waals surface area contributed by atoms with Crippen molar-refractivity contribution in [2.24, 2.45) is 0 Å². The van der Waals surface area contributed by atoms with Gasteiger partial charge in [-0.05, 0) is 41.6 Å². The molecule has 3 aromatic rings. The van der Waals surface area contributed by atoms with E-state index in [4.69, 9.17) is 4.74 Å². The number of rotatable bonds is 7. The standard InChI is InChI=1S/C18H19N5O2S/c1-13-6-8-15(9-7-13)23-18(20-21-22-23)26-11-10-17(24)19-14-4-3-5-16(12-14)25-2/h3-9,12H,10-11H2,1-2H3,(H,19,24). The highest BCUT2D eigenvalue weighted by molar-refractivity contribution is 7.99. The molecular formula is C18H19N5O2S. The summed E-state index contributed by atoms with van der Waals surface area (Å²) in [6.45, 7) is 2.03. The maximum Gasteiger partial charge on any atom is 0.225 e. The summed E-state index contributed by atoms with van der Waals surface area (Å²) in [4.78, 5) is 12.1. The van der Waals surface area contributed by atoms with Gasteiger partial charge in [0.25, 0.3) is 0 Å². The molecule has 134 valence electrons. The fraction of sp³-hybridized carbons (Fsp3) is 0.222. The summed E-state index contributed by atoms with van der Waals surface area (Å²) in [5.41, 5.74) is 2.78. The number of ether oxygens (including phenoxy) is 1. The summed E-state index contributed by atoms with van der Waals surface area (Å²) >= 11 is 1.44. The van der Waals surface area contributed by atoms with Gasteiger partial charge in [0.05, 0.1) is 12.8 Å². The molecule has 0 aliphatic heterocycles. The van der Waals surface area contributed by atoms with Crippen LogP contribution in [-0.2, 0) is 4.79 Å². The van der Waals surface area contributed by atoms with E-state index in [-0.39, 0.29) is 5.91 Å². The van der Waals surface area contributed by atoms with Gasteiger partial charge >= 0.3 is 0 Å². The van der Waals surface area contributed by atoms with Crippen molar-refractivity contribution >= 4 is 23.4 Å². The van der Waals surface area contributed by atoms with Gasteiger partial charge in [-0.15, -0.1) is 5.10 Å². The number of anilines is 1. The minimum atomic E-state index is -0.0693. The zero-order valence-corrected chi connectivity index (χ0v) is 15.4. The van der Waals surface area contributed by atoms with Crippen molar-refractivity contribution in [2.45, 2.75) is 18.5 Å². The zero-order chi connectivity index (χ0) is 18.4. The van der Waals surface area contributed by atoms with Gasteiger partial charge in [-0.25, -0.2) is 0 Å². The lowest BCUT2D eigenvalue weighted by Gasteiger charge is -2.07. The van der Waals surface area contributed by atoms with E-state index in [0.717, 1.165) is 5.69 Å². The molecule has 3 rings (SSSR count). The second-order valence-corrected chi connectivity index (χ2v) is 6.65. The first-order valence-corrected chi connectivity index (χ1v) is 9.06. The van der Waals surface area contributed by atoms with Crippen LogP contribution in [0.15, 0.2) is 53.7 Å². The normalized spacial score (nSPS) is 10.5. The zero-order valence-electron chi connectivity index (χ0n) is 14.5. The lowest BCUT2D eigenvalue weighted by molar-refractivity contribution is -0.115. The minimum Gasteiger partial charge on any atom is -0.497 e. The first-order valence-electron chi connectivity index (χ1n) is 8.08. The van der Waals surface area contributed by atoms with Crippen molar-refractivity contribution in [3.8, 4) is 11.4 Å². The molecule has 7 nitrogen and oxygen atoms in total. The SMILES string of the molecule is COc1cccc(NC(=O)CCSc2nnnn2-c2ccc(C)cc2)c1. The van der Waals surface area contributed by atoms with E-state index < -0.39 is 0 Å². The van der Waals surface area contributed by atoms with Crippen LogP contribution < -0.4 is 10.1 Å². The molecular weight excluding hydrogens is 350 g/mol. The minimum absolute atomic E-state index is 0.0693. The van der Waals surface area contributed by atoms with E-state index in [9.17, 15) is 4.79 Å². The quantitative estimate of drug-likeness (QED) is 0.645. The van der Waals surface area contributed by atoms with Crippen molar-refractivity contribution in [1.82, 2.24) is 20.2 Å². The third kappa shape index (κ3) is 4.60. The number of hydrogen-bond donors (Lipinski definition) is 1. The summed E-state index contributed by atoms with van der Waals surface area (Å²) in [5, 5.41) is 15.3. The highest BCUT2D eigenvalue weighted by atomic mass is 32.2. The van der Waals surface area contributed by atoms with E-state index in [1.807, 2.05) is 49.4 Å². The van der Waals surface area contributed by atoms with Gasteiger partial charge in [-0.3, -0.25) is 4.79 Å². The average molecular weight is 369 g/mol. The Hall–Kier alpha value is -2.87. The van der Waals surface area contributed by atoms with Crippen molar-refractivity contribution in [2.75, 3.05) is 18.2 Å². The Balaban J connectivity index is 1.54. The molecule has 0 unspecified atom stereocenters. The number of benzene rings is 2. The Morgan fingerprint density at radius 2 is 2.04 bits per heavy atom. The number of methoxy groups -OCH3 is 1. The van der Waals surface area contributed by atoms with E-state index in [1.165, 1.54) is 17.3 Å². The van der Waals surface area contributed by atoms with Gasteiger partial charge < -0.3 is 10.1 Å². The van der Waals surface area contributed by atoms with Crippen LogP contribution in [0, 0.1) is 6.92 Å².